The third kappa shape index (κ3) is 4.67. The summed E-state index contributed by atoms with van der Waals surface area (Å²) in [6, 6.07) is 16.0. The van der Waals surface area contributed by atoms with Crippen molar-refractivity contribution in [3.63, 3.8) is 0 Å². The van der Waals surface area contributed by atoms with E-state index in [0.717, 1.165) is 27.9 Å². The molecule has 0 atom stereocenters. The van der Waals surface area contributed by atoms with Crippen molar-refractivity contribution in [3.05, 3.63) is 89.0 Å². The van der Waals surface area contributed by atoms with Crippen molar-refractivity contribution in [1.82, 2.24) is 9.55 Å². The first kappa shape index (κ1) is 23.5. The van der Waals surface area contributed by atoms with E-state index in [1.807, 2.05) is 33.8 Å². The molecular formula is C28H30FN3O2. The molecule has 0 aliphatic carbocycles. The zero-order chi connectivity index (χ0) is 24.6. The molecule has 0 spiro atoms. The maximum Gasteiger partial charge on any atom is 0.419 e. The number of ether oxygens (including phenoxy) is 1. The maximum absolute atomic E-state index is 13.7. The highest BCUT2D eigenvalue weighted by Gasteiger charge is 2.28. The Hall–Kier alpha value is -3.67. The van der Waals surface area contributed by atoms with Gasteiger partial charge in [0.25, 0.3) is 0 Å². The van der Waals surface area contributed by atoms with Crippen molar-refractivity contribution in [2.45, 2.75) is 53.7 Å². The van der Waals surface area contributed by atoms with Crippen molar-refractivity contribution in [2.24, 2.45) is 0 Å². The summed E-state index contributed by atoms with van der Waals surface area (Å²) in [7, 11) is 0. The van der Waals surface area contributed by atoms with Crippen LogP contribution in [0, 0.1) is 26.6 Å². The van der Waals surface area contributed by atoms with Gasteiger partial charge in [0, 0.05) is 18.4 Å². The second-order valence-corrected chi connectivity index (χ2v) is 9.61. The van der Waals surface area contributed by atoms with Crippen LogP contribution in [-0.4, -0.2) is 21.2 Å². The van der Waals surface area contributed by atoms with Crippen LogP contribution in [0.1, 0.15) is 43.2 Å². The van der Waals surface area contributed by atoms with Crippen LogP contribution in [0.3, 0.4) is 0 Å². The van der Waals surface area contributed by atoms with Gasteiger partial charge in [-0.15, -0.1) is 0 Å². The minimum absolute atomic E-state index is 0.373. The van der Waals surface area contributed by atoms with Crippen LogP contribution in [0.25, 0.3) is 11.0 Å². The number of benzene rings is 2. The minimum Gasteiger partial charge on any atom is -0.443 e. The number of hydrogen-bond donors (Lipinski definition) is 0. The monoisotopic (exact) mass is 459 g/mol. The number of rotatable bonds is 4. The van der Waals surface area contributed by atoms with Gasteiger partial charge in [-0.25, -0.2) is 14.1 Å². The smallest absolute Gasteiger partial charge is 0.419 e. The van der Waals surface area contributed by atoms with Gasteiger partial charge < -0.3 is 9.30 Å². The highest BCUT2D eigenvalue weighted by Crippen LogP contribution is 2.37. The Morgan fingerprint density at radius 3 is 2.41 bits per heavy atom. The van der Waals surface area contributed by atoms with Crippen LogP contribution >= 0.6 is 0 Å². The van der Waals surface area contributed by atoms with Gasteiger partial charge in [0.05, 0.1) is 22.4 Å². The molecule has 0 bridgehead atoms. The number of nitrogens with zero attached hydrogens (tertiary/aromatic N) is 3. The number of carbonyl (C=O) groups is 1. The lowest BCUT2D eigenvalue weighted by Gasteiger charge is -2.28. The number of aromatic nitrogens is 2. The first-order valence-electron chi connectivity index (χ1n) is 11.3. The first-order chi connectivity index (χ1) is 16.0. The molecule has 4 aromatic rings. The number of aryl methyl sites for hydroxylation is 2. The average molecular weight is 460 g/mol. The third-order valence-corrected chi connectivity index (χ3v) is 5.80. The van der Waals surface area contributed by atoms with Crippen LogP contribution in [0.4, 0.5) is 20.6 Å². The second-order valence-electron chi connectivity index (χ2n) is 9.61. The van der Waals surface area contributed by atoms with Gasteiger partial charge >= 0.3 is 6.09 Å². The van der Waals surface area contributed by atoms with E-state index in [1.54, 1.807) is 24.4 Å². The highest BCUT2D eigenvalue weighted by atomic mass is 19.1. The number of halogens is 1. The Balaban J connectivity index is 1.95. The summed E-state index contributed by atoms with van der Waals surface area (Å²) in [5.74, 6) is -0.373. The van der Waals surface area contributed by atoms with Gasteiger partial charge in [-0.2, -0.15) is 0 Å². The Morgan fingerprint density at radius 1 is 1.06 bits per heavy atom. The fourth-order valence-corrected chi connectivity index (χ4v) is 4.14. The lowest BCUT2D eigenvalue weighted by molar-refractivity contribution is 0.0599. The Labute approximate surface area is 199 Å². The number of carbonyl (C=O) groups excluding carboxylic acids is 1. The molecule has 34 heavy (non-hydrogen) atoms. The molecule has 0 aliphatic rings. The molecule has 0 fully saturated rings. The molecule has 2 aromatic heterocycles. The molecule has 176 valence electrons. The normalized spacial score (nSPS) is 11.6. The molecule has 0 saturated carbocycles. The number of hydrogen-bond acceptors (Lipinski definition) is 3. The molecule has 2 heterocycles. The third-order valence-electron chi connectivity index (χ3n) is 5.80. The van der Waals surface area contributed by atoms with Gasteiger partial charge in [-0.3, -0.25) is 4.98 Å². The number of anilines is 2. The zero-order valence-electron chi connectivity index (χ0n) is 20.5. The molecule has 5 nitrogen and oxygen atoms in total. The van der Waals surface area contributed by atoms with Crippen LogP contribution in [0.5, 0.6) is 0 Å². The van der Waals surface area contributed by atoms with E-state index in [-0.39, 0.29) is 5.82 Å². The van der Waals surface area contributed by atoms with E-state index in [9.17, 15) is 9.18 Å². The molecule has 4 rings (SSSR count). The van der Waals surface area contributed by atoms with Crippen LogP contribution < -0.4 is 4.90 Å². The molecule has 6 heteroatoms. The van der Waals surface area contributed by atoms with Crippen LogP contribution in [-0.2, 0) is 11.3 Å². The summed E-state index contributed by atoms with van der Waals surface area (Å²) in [5.41, 5.74) is 6.55. The fraction of sp³-hybridized carbons (Fsp3) is 0.286. The maximum atomic E-state index is 13.7. The summed E-state index contributed by atoms with van der Waals surface area (Å²) in [6.45, 7) is 12.3. The van der Waals surface area contributed by atoms with Gasteiger partial charge in [0.15, 0.2) is 0 Å². The quantitative estimate of drug-likeness (QED) is 0.324. The Morgan fingerprint density at radius 2 is 1.76 bits per heavy atom. The van der Waals surface area contributed by atoms with Crippen molar-refractivity contribution in [1.29, 1.82) is 0 Å². The Kier molecular flexibility index (Phi) is 6.17. The Bertz CT molecular complexity index is 1350. The van der Waals surface area contributed by atoms with E-state index in [1.165, 1.54) is 22.6 Å². The van der Waals surface area contributed by atoms with Crippen molar-refractivity contribution in [3.8, 4) is 0 Å². The zero-order valence-corrected chi connectivity index (χ0v) is 20.5. The number of amides is 1. The summed E-state index contributed by atoms with van der Waals surface area (Å²) in [6.07, 6.45) is 1.16. The minimum atomic E-state index is -0.698. The fourth-order valence-electron chi connectivity index (χ4n) is 4.14. The topological polar surface area (TPSA) is 47.4 Å². The van der Waals surface area contributed by atoms with Crippen LogP contribution in [0.15, 0.2) is 60.8 Å². The predicted molar refractivity (Wildman–Crippen MR) is 134 cm³/mol. The van der Waals surface area contributed by atoms with Crippen molar-refractivity contribution < 1.29 is 13.9 Å². The molecule has 0 aliphatic heterocycles. The van der Waals surface area contributed by atoms with E-state index in [2.05, 4.69) is 41.6 Å². The van der Waals surface area contributed by atoms with Crippen LogP contribution in [0.2, 0.25) is 0 Å². The number of fused-ring (bicyclic) bond motifs is 1. The molecule has 1 amide bonds. The highest BCUT2D eigenvalue weighted by molar-refractivity contribution is 6.05. The van der Waals surface area contributed by atoms with E-state index in [4.69, 9.17) is 4.74 Å². The standard InChI is InChI=1S/C28H30FN3O2/c1-18-8-7-9-21(16-18)17-31-20(3)19(2)25-26(31)24(14-15-30-25)32(27(33)34-28(4,5)6)23-12-10-22(29)11-13-23/h7-16H,17H2,1-6H3. The molecule has 0 saturated heterocycles. The lowest BCUT2D eigenvalue weighted by atomic mass is 10.1. The van der Waals surface area contributed by atoms with E-state index < -0.39 is 11.7 Å². The van der Waals surface area contributed by atoms with Gasteiger partial charge in [0.2, 0.25) is 0 Å². The van der Waals surface area contributed by atoms with E-state index in [0.29, 0.717) is 17.9 Å². The summed E-state index contributed by atoms with van der Waals surface area (Å²) in [4.78, 5) is 19.6. The molecule has 0 N–H and O–H groups in total. The second kappa shape index (κ2) is 8.93. The first-order valence-corrected chi connectivity index (χ1v) is 11.3. The van der Waals surface area contributed by atoms with Crippen molar-refractivity contribution >= 4 is 28.5 Å². The molecule has 2 aromatic carbocycles. The average Bonchev–Trinajstić information content (AvgIpc) is 3.00. The largest absolute Gasteiger partial charge is 0.443 e. The van der Waals surface area contributed by atoms with Gasteiger partial charge in [0.1, 0.15) is 11.4 Å². The number of pyridine rings is 1. The molecule has 0 unspecified atom stereocenters. The molecule has 0 radical (unpaired) electrons. The summed E-state index contributed by atoms with van der Waals surface area (Å²) < 4.78 is 21.7. The lowest BCUT2D eigenvalue weighted by Crippen LogP contribution is -2.34. The van der Waals surface area contributed by atoms with E-state index >= 15 is 0 Å². The summed E-state index contributed by atoms with van der Waals surface area (Å²) >= 11 is 0. The van der Waals surface area contributed by atoms with Crippen molar-refractivity contribution in [2.75, 3.05) is 4.90 Å². The molecular weight excluding hydrogens is 429 g/mol. The van der Waals surface area contributed by atoms with Gasteiger partial charge in [-0.1, -0.05) is 29.8 Å². The summed E-state index contributed by atoms with van der Waals surface area (Å²) in [5, 5.41) is 0. The predicted octanol–water partition coefficient (Wildman–Crippen LogP) is 7.22. The SMILES string of the molecule is Cc1cccc(Cn2c(C)c(C)c3nccc(N(C(=O)OC(C)(C)C)c4ccc(F)cc4)c32)c1. The van der Waals surface area contributed by atoms with Gasteiger partial charge in [-0.05, 0) is 83.0 Å².